The standard InChI is InChI=1S/C20H34Cl4O4/c1-18(14-21,13-16(25)26)11-9-7-5-3-4-6-8-10-12-19(2,15-22)20(23,24)17(27)28/h3-15H2,1-2H3,(H,25,26)(H,27,28). The molecule has 0 heterocycles. The summed E-state index contributed by atoms with van der Waals surface area (Å²) >= 11 is 23.9. The van der Waals surface area contributed by atoms with Gasteiger partial charge in [-0.2, -0.15) is 0 Å². The van der Waals surface area contributed by atoms with Gasteiger partial charge in [-0.05, 0) is 18.3 Å². The molecule has 0 aromatic heterocycles. The molecule has 0 saturated heterocycles. The Kier molecular flexibility index (Phi) is 13.5. The van der Waals surface area contributed by atoms with Crippen LogP contribution in [0.25, 0.3) is 0 Å². The number of unbranched alkanes of at least 4 members (excludes halogenated alkanes) is 7. The Morgan fingerprint density at radius 2 is 1.18 bits per heavy atom. The van der Waals surface area contributed by atoms with Crippen LogP contribution in [0.4, 0.5) is 0 Å². The third-order valence-corrected chi connectivity index (χ3v) is 7.95. The minimum atomic E-state index is -1.88. The molecule has 4 nitrogen and oxygen atoms in total. The number of aliphatic carboxylic acids is 2. The normalized spacial score (nSPS) is 16.4. The van der Waals surface area contributed by atoms with Crippen molar-refractivity contribution in [2.45, 2.75) is 88.8 Å². The van der Waals surface area contributed by atoms with Crippen LogP contribution in [-0.4, -0.2) is 38.2 Å². The highest BCUT2D eigenvalue weighted by molar-refractivity contribution is 6.58. The van der Waals surface area contributed by atoms with Crippen molar-refractivity contribution < 1.29 is 19.8 Å². The van der Waals surface area contributed by atoms with Crippen molar-refractivity contribution in [3.63, 3.8) is 0 Å². The molecule has 0 aliphatic rings. The molecule has 2 atom stereocenters. The Labute approximate surface area is 189 Å². The number of hydrogen-bond donors (Lipinski definition) is 2. The van der Waals surface area contributed by atoms with E-state index < -0.39 is 21.7 Å². The van der Waals surface area contributed by atoms with Gasteiger partial charge in [0, 0.05) is 17.2 Å². The molecule has 2 N–H and O–H groups in total. The fourth-order valence-electron chi connectivity index (χ4n) is 3.26. The van der Waals surface area contributed by atoms with Crippen LogP contribution in [-0.2, 0) is 9.59 Å². The molecule has 0 aromatic rings. The summed E-state index contributed by atoms with van der Waals surface area (Å²) in [5.74, 6) is -1.59. The molecule has 0 aliphatic heterocycles. The van der Waals surface area contributed by atoms with Gasteiger partial charge in [-0.1, -0.05) is 88.4 Å². The smallest absolute Gasteiger partial charge is 0.340 e. The molecule has 0 aliphatic carbocycles. The highest BCUT2D eigenvalue weighted by Gasteiger charge is 2.50. The van der Waals surface area contributed by atoms with Crippen molar-refractivity contribution in [2.75, 3.05) is 11.8 Å². The zero-order valence-electron chi connectivity index (χ0n) is 16.9. The minimum Gasteiger partial charge on any atom is -0.481 e. The molecular weight excluding hydrogens is 446 g/mol. The lowest BCUT2D eigenvalue weighted by Gasteiger charge is -2.35. The van der Waals surface area contributed by atoms with E-state index in [4.69, 9.17) is 51.5 Å². The van der Waals surface area contributed by atoms with Gasteiger partial charge in [-0.3, -0.25) is 4.79 Å². The molecule has 0 bridgehead atoms. The molecule has 8 heteroatoms. The van der Waals surface area contributed by atoms with Crippen LogP contribution in [0.5, 0.6) is 0 Å². The summed E-state index contributed by atoms with van der Waals surface area (Å²) in [6.07, 6.45) is 9.85. The topological polar surface area (TPSA) is 74.6 Å². The van der Waals surface area contributed by atoms with Gasteiger partial charge in [0.15, 0.2) is 0 Å². The van der Waals surface area contributed by atoms with E-state index in [1.54, 1.807) is 6.92 Å². The number of halogens is 4. The van der Waals surface area contributed by atoms with Crippen LogP contribution in [0.3, 0.4) is 0 Å². The SMILES string of the molecule is CC(CCl)(CCCCCCCCCCC(C)(CCl)C(Cl)(Cl)C(=O)O)CC(=O)O. The number of alkyl halides is 4. The predicted molar refractivity (Wildman–Crippen MR) is 118 cm³/mol. The van der Waals surface area contributed by atoms with Gasteiger partial charge in [0.2, 0.25) is 4.33 Å². The Hall–Kier alpha value is 0.1000. The Morgan fingerprint density at radius 1 is 0.750 bits per heavy atom. The zero-order valence-corrected chi connectivity index (χ0v) is 19.9. The molecule has 0 radical (unpaired) electrons. The molecule has 0 amide bonds. The summed E-state index contributed by atoms with van der Waals surface area (Å²) in [5, 5.41) is 18.2. The fraction of sp³-hybridized carbons (Fsp3) is 0.900. The van der Waals surface area contributed by atoms with E-state index in [1.807, 2.05) is 6.92 Å². The Bertz CT molecular complexity index is 487. The lowest BCUT2D eigenvalue weighted by atomic mass is 9.82. The number of carboxylic acids is 2. The highest BCUT2D eigenvalue weighted by Crippen LogP contribution is 2.45. The lowest BCUT2D eigenvalue weighted by Crippen LogP contribution is -2.45. The quantitative estimate of drug-likeness (QED) is 0.172. The van der Waals surface area contributed by atoms with Gasteiger partial charge in [0.1, 0.15) is 0 Å². The second-order valence-corrected chi connectivity index (χ2v) is 10.3. The molecule has 0 fully saturated rings. The van der Waals surface area contributed by atoms with Gasteiger partial charge >= 0.3 is 11.9 Å². The van der Waals surface area contributed by atoms with Crippen LogP contribution < -0.4 is 0 Å². The number of rotatable bonds is 17. The van der Waals surface area contributed by atoms with Crippen LogP contribution in [0.1, 0.15) is 84.5 Å². The monoisotopic (exact) mass is 478 g/mol. The van der Waals surface area contributed by atoms with Gasteiger partial charge in [0.25, 0.3) is 0 Å². The second kappa shape index (κ2) is 13.4. The van der Waals surface area contributed by atoms with Gasteiger partial charge in [-0.15, -0.1) is 23.2 Å². The number of carboxylic acid groups (broad SMARTS) is 2. The summed E-state index contributed by atoms with van der Waals surface area (Å²) in [4.78, 5) is 22.2. The van der Waals surface area contributed by atoms with E-state index in [2.05, 4.69) is 0 Å². The number of carbonyl (C=O) groups is 2. The first-order chi connectivity index (χ1) is 12.9. The van der Waals surface area contributed by atoms with E-state index in [0.29, 0.717) is 12.3 Å². The molecule has 0 rings (SSSR count). The van der Waals surface area contributed by atoms with Crippen LogP contribution in [0.2, 0.25) is 0 Å². The molecule has 166 valence electrons. The van der Waals surface area contributed by atoms with E-state index in [0.717, 1.165) is 57.8 Å². The molecule has 2 unspecified atom stereocenters. The van der Waals surface area contributed by atoms with Gasteiger partial charge in [0.05, 0.1) is 6.42 Å². The van der Waals surface area contributed by atoms with Crippen LogP contribution in [0, 0.1) is 10.8 Å². The first-order valence-electron chi connectivity index (χ1n) is 9.89. The summed E-state index contributed by atoms with van der Waals surface area (Å²) in [5.41, 5.74) is -1.19. The number of hydrogen-bond acceptors (Lipinski definition) is 2. The molecular formula is C20H34Cl4O4. The third kappa shape index (κ3) is 9.73. The summed E-state index contributed by atoms with van der Waals surface area (Å²) in [7, 11) is 0. The van der Waals surface area contributed by atoms with Crippen LogP contribution >= 0.6 is 46.4 Å². The Balaban J connectivity index is 3.91. The van der Waals surface area contributed by atoms with Crippen molar-refractivity contribution in [1.82, 2.24) is 0 Å². The summed E-state index contributed by atoms with van der Waals surface area (Å²) in [6.45, 7) is 3.65. The van der Waals surface area contributed by atoms with E-state index >= 15 is 0 Å². The fourth-order valence-corrected chi connectivity index (χ4v) is 4.28. The van der Waals surface area contributed by atoms with E-state index in [-0.39, 0.29) is 17.7 Å². The summed E-state index contributed by atoms with van der Waals surface area (Å²) in [6, 6.07) is 0. The van der Waals surface area contributed by atoms with Crippen molar-refractivity contribution in [1.29, 1.82) is 0 Å². The van der Waals surface area contributed by atoms with Crippen molar-refractivity contribution >= 4 is 58.3 Å². The van der Waals surface area contributed by atoms with Gasteiger partial charge in [-0.25, -0.2) is 4.79 Å². The maximum atomic E-state index is 11.3. The summed E-state index contributed by atoms with van der Waals surface area (Å²) < 4.78 is -1.88. The highest BCUT2D eigenvalue weighted by atomic mass is 35.5. The van der Waals surface area contributed by atoms with E-state index in [1.165, 1.54) is 0 Å². The first kappa shape index (κ1) is 28.1. The molecule has 0 saturated carbocycles. The van der Waals surface area contributed by atoms with Crippen molar-refractivity contribution in [2.24, 2.45) is 10.8 Å². The minimum absolute atomic E-state index is 0.0927. The lowest BCUT2D eigenvalue weighted by molar-refractivity contribution is -0.141. The van der Waals surface area contributed by atoms with E-state index in [9.17, 15) is 14.7 Å². The third-order valence-electron chi connectivity index (χ3n) is 5.48. The van der Waals surface area contributed by atoms with Crippen molar-refractivity contribution in [3.05, 3.63) is 0 Å². The average molecular weight is 480 g/mol. The predicted octanol–water partition coefficient (Wildman–Crippen LogP) is 7.11. The van der Waals surface area contributed by atoms with Gasteiger partial charge < -0.3 is 10.2 Å². The maximum absolute atomic E-state index is 11.3. The molecule has 0 aromatic carbocycles. The zero-order chi connectivity index (χ0) is 21.8. The largest absolute Gasteiger partial charge is 0.481 e. The maximum Gasteiger partial charge on any atom is 0.340 e. The Morgan fingerprint density at radius 3 is 1.54 bits per heavy atom. The molecule has 28 heavy (non-hydrogen) atoms. The van der Waals surface area contributed by atoms with Crippen LogP contribution in [0.15, 0.2) is 0 Å². The average Bonchev–Trinajstić information content (AvgIpc) is 2.62. The van der Waals surface area contributed by atoms with Crippen molar-refractivity contribution in [3.8, 4) is 0 Å². The second-order valence-electron chi connectivity index (χ2n) is 8.42. The first-order valence-corrected chi connectivity index (χ1v) is 11.7. The molecule has 0 spiro atoms.